The fourth-order valence-electron chi connectivity index (χ4n) is 1.49. The normalized spacial score (nSPS) is 11.6. The average molecular weight is 258 g/mol. The van der Waals surface area contributed by atoms with Gasteiger partial charge in [-0.15, -0.1) is 0 Å². The van der Waals surface area contributed by atoms with Crippen LogP contribution in [0.5, 0.6) is 5.75 Å². The third-order valence-electron chi connectivity index (χ3n) is 2.16. The summed E-state index contributed by atoms with van der Waals surface area (Å²) in [5.41, 5.74) is 0.558. The predicted octanol–water partition coefficient (Wildman–Crippen LogP) is 2.17. The molecule has 0 radical (unpaired) electrons. The molecule has 0 N–H and O–H groups in total. The fraction of sp³-hybridized carbons (Fsp3) is 0.100. The van der Waals surface area contributed by atoms with Crippen LogP contribution in [0.15, 0.2) is 35.4 Å². The highest BCUT2D eigenvalue weighted by atomic mass is 35.7. The largest absolute Gasteiger partial charge is 0.494 e. The Morgan fingerprint density at radius 1 is 1.31 bits per heavy atom. The zero-order valence-corrected chi connectivity index (χ0v) is 9.92. The maximum absolute atomic E-state index is 11.5. The van der Waals surface area contributed by atoms with E-state index in [2.05, 4.69) is 4.98 Å². The summed E-state index contributed by atoms with van der Waals surface area (Å²) in [5, 5.41) is 0.455. The van der Waals surface area contributed by atoms with E-state index in [0.29, 0.717) is 10.9 Å². The first-order chi connectivity index (χ1) is 7.54. The lowest BCUT2D eigenvalue weighted by Crippen LogP contribution is -1.98. The molecule has 1 aromatic carbocycles. The second-order valence-electron chi connectivity index (χ2n) is 3.11. The zero-order chi connectivity index (χ0) is 11.8. The van der Waals surface area contributed by atoms with Crippen LogP contribution >= 0.6 is 10.7 Å². The van der Waals surface area contributed by atoms with Crippen molar-refractivity contribution < 1.29 is 13.2 Å². The highest BCUT2D eigenvalue weighted by molar-refractivity contribution is 8.14. The molecule has 0 amide bonds. The Morgan fingerprint density at radius 3 is 2.62 bits per heavy atom. The number of benzene rings is 1. The van der Waals surface area contributed by atoms with Crippen LogP contribution < -0.4 is 4.74 Å². The van der Waals surface area contributed by atoms with E-state index in [1.807, 2.05) is 0 Å². The summed E-state index contributed by atoms with van der Waals surface area (Å²) in [6, 6.07) is 6.84. The van der Waals surface area contributed by atoms with Gasteiger partial charge < -0.3 is 4.74 Å². The van der Waals surface area contributed by atoms with E-state index in [1.165, 1.54) is 13.3 Å². The van der Waals surface area contributed by atoms with Gasteiger partial charge in [-0.3, -0.25) is 4.98 Å². The Labute approximate surface area is 97.2 Å². The number of halogens is 1. The number of para-hydroxylation sites is 1. The highest BCUT2D eigenvalue weighted by Crippen LogP contribution is 2.32. The maximum Gasteiger partial charge on any atom is 0.265 e. The molecule has 0 aliphatic rings. The summed E-state index contributed by atoms with van der Waals surface area (Å²) in [6.07, 6.45) is 1.34. The second-order valence-corrected chi connectivity index (χ2v) is 5.61. The second kappa shape index (κ2) is 3.92. The lowest BCUT2D eigenvalue weighted by Gasteiger charge is -2.07. The van der Waals surface area contributed by atoms with Crippen molar-refractivity contribution in [1.29, 1.82) is 0 Å². The molecule has 0 unspecified atom stereocenters. The number of rotatable bonds is 2. The van der Waals surface area contributed by atoms with E-state index in [1.54, 1.807) is 24.3 Å². The number of aromatic nitrogens is 1. The van der Waals surface area contributed by atoms with Crippen molar-refractivity contribution in [2.75, 3.05) is 7.11 Å². The van der Waals surface area contributed by atoms with Crippen LogP contribution in [-0.2, 0) is 9.05 Å². The molecular weight excluding hydrogens is 250 g/mol. The van der Waals surface area contributed by atoms with Crippen molar-refractivity contribution in [3.63, 3.8) is 0 Å². The Balaban J connectivity index is 2.95. The quantitative estimate of drug-likeness (QED) is 0.774. The first-order valence-corrected chi connectivity index (χ1v) is 6.71. The number of pyridine rings is 1. The van der Waals surface area contributed by atoms with Gasteiger partial charge in [0.1, 0.15) is 4.90 Å². The number of methoxy groups -OCH3 is 1. The first kappa shape index (κ1) is 11.2. The number of fused-ring (bicyclic) bond motifs is 1. The molecule has 1 heterocycles. The van der Waals surface area contributed by atoms with Gasteiger partial charge in [0, 0.05) is 16.1 Å². The molecule has 0 bridgehead atoms. The Bertz CT molecular complexity index is 640. The van der Waals surface area contributed by atoms with Gasteiger partial charge in [0.05, 0.1) is 18.8 Å². The van der Waals surface area contributed by atoms with Crippen molar-refractivity contribution in [3.05, 3.63) is 30.5 Å². The van der Waals surface area contributed by atoms with Crippen molar-refractivity contribution >= 4 is 30.6 Å². The molecule has 0 aliphatic carbocycles. The Hall–Kier alpha value is -1.33. The van der Waals surface area contributed by atoms with Crippen molar-refractivity contribution in [2.45, 2.75) is 4.90 Å². The van der Waals surface area contributed by atoms with Crippen LogP contribution in [-0.4, -0.2) is 20.5 Å². The summed E-state index contributed by atoms with van der Waals surface area (Å²) in [4.78, 5) is 4.04. The van der Waals surface area contributed by atoms with Crippen LogP contribution in [0.1, 0.15) is 0 Å². The molecule has 0 spiro atoms. The SMILES string of the molecule is COc1cnc2ccccc2c1S(=O)(=O)Cl. The molecule has 0 fully saturated rings. The summed E-state index contributed by atoms with van der Waals surface area (Å²) in [6.45, 7) is 0. The minimum atomic E-state index is -3.86. The minimum absolute atomic E-state index is 0.0396. The summed E-state index contributed by atoms with van der Waals surface area (Å²) in [5.74, 6) is 0.147. The molecule has 0 saturated heterocycles. The lowest BCUT2D eigenvalue weighted by atomic mass is 10.2. The fourth-order valence-corrected chi connectivity index (χ4v) is 2.78. The molecule has 0 aliphatic heterocycles. The predicted molar refractivity (Wildman–Crippen MR) is 61.3 cm³/mol. The molecule has 0 saturated carbocycles. The molecule has 1 aromatic heterocycles. The van der Waals surface area contributed by atoms with E-state index < -0.39 is 9.05 Å². The number of nitrogens with zero attached hydrogens (tertiary/aromatic N) is 1. The van der Waals surface area contributed by atoms with E-state index in [9.17, 15) is 8.42 Å². The maximum atomic E-state index is 11.5. The summed E-state index contributed by atoms with van der Waals surface area (Å²) >= 11 is 0. The zero-order valence-electron chi connectivity index (χ0n) is 8.34. The number of hydrogen-bond acceptors (Lipinski definition) is 4. The molecular formula is C10H8ClNO3S. The molecule has 4 nitrogen and oxygen atoms in total. The smallest absolute Gasteiger partial charge is 0.265 e. The third kappa shape index (κ3) is 1.83. The minimum Gasteiger partial charge on any atom is -0.494 e. The van der Waals surface area contributed by atoms with Crippen molar-refractivity contribution in [2.24, 2.45) is 0 Å². The summed E-state index contributed by atoms with van der Waals surface area (Å²) in [7, 11) is 2.89. The molecule has 2 rings (SSSR count). The van der Waals surface area contributed by atoms with E-state index in [4.69, 9.17) is 15.4 Å². The third-order valence-corrected chi connectivity index (χ3v) is 3.53. The number of ether oxygens (including phenoxy) is 1. The van der Waals surface area contributed by atoms with Crippen LogP contribution in [0.25, 0.3) is 10.9 Å². The lowest BCUT2D eigenvalue weighted by molar-refractivity contribution is 0.402. The van der Waals surface area contributed by atoms with E-state index >= 15 is 0 Å². The van der Waals surface area contributed by atoms with E-state index in [-0.39, 0.29) is 10.6 Å². The van der Waals surface area contributed by atoms with Crippen LogP contribution in [0.4, 0.5) is 0 Å². The highest BCUT2D eigenvalue weighted by Gasteiger charge is 2.20. The Morgan fingerprint density at radius 2 is 2.00 bits per heavy atom. The molecule has 0 atom stereocenters. The van der Waals surface area contributed by atoms with E-state index in [0.717, 1.165) is 0 Å². The molecule has 84 valence electrons. The van der Waals surface area contributed by atoms with Gasteiger partial charge in [0.2, 0.25) is 0 Å². The van der Waals surface area contributed by atoms with Gasteiger partial charge >= 0.3 is 0 Å². The van der Waals surface area contributed by atoms with Gasteiger partial charge in [0.25, 0.3) is 9.05 Å². The molecule has 6 heteroatoms. The molecule has 2 aromatic rings. The van der Waals surface area contributed by atoms with Crippen LogP contribution in [0.2, 0.25) is 0 Å². The summed E-state index contributed by atoms with van der Waals surface area (Å²) < 4.78 is 27.9. The monoisotopic (exact) mass is 257 g/mol. The number of hydrogen-bond donors (Lipinski definition) is 0. The van der Waals surface area contributed by atoms with Crippen LogP contribution in [0, 0.1) is 0 Å². The Kier molecular flexibility index (Phi) is 2.73. The van der Waals surface area contributed by atoms with Gasteiger partial charge in [-0.2, -0.15) is 0 Å². The molecule has 16 heavy (non-hydrogen) atoms. The van der Waals surface area contributed by atoms with Gasteiger partial charge in [-0.1, -0.05) is 18.2 Å². The topological polar surface area (TPSA) is 56.3 Å². The van der Waals surface area contributed by atoms with Gasteiger partial charge in [-0.25, -0.2) is 8.42 Å². The van der Waals surface area contributed by atoms with Gasteiger partial charge in [0.15, 0.2) is 5.75 Å². The first-order valence-electron chi connectivity index (χ1n) is 4.40. The standard InChI is InChI=1S/C10H8ClNO3S/c1-15-9-6-12-8-5-3-2-4-7(8)10(9)16(11,13)14/h2-6H,1H3. The van der Waals surface area contributed by atoms with Gasteiger partial charge in [-0.05, 0) is 6.07 Å². The van der Waals surface area contributed by atoms with Crippen molar-refractivity contribution in [1.82, 2.24) is 4.98 Å². The van der Waals surface area contributed by atoms with Crippen molar-refractivity contribution in [3.8, 4) is 5.75 Å². The average Bonchev–Trinajstić information content (AvgIpc) is 2.26. The van der Waals surface area contributed by atoms with Crippen LogP contribution in [0.3, 0.4) is 0 Å².